The molecule has 2 nitrogen and oxygen atoms in total. The summed E-state index contributed by atoms with van der Waals surface area (Å²) in [5.41, 5.74) is 0. The van der Waals surface area contributed by atoms with E-state index in [0.717, 1.165) is 19.4 Å². The van der Waals surface area contributed by atoms with Crippen molar-refractivity contribution in [2.24, 2.45) is 5.92 Å². The van der Waals surface area contributed by atoms with Gasteiger partial charge in [0.2, 0.25) is 0 Å². The molecular weight excluding hydrogens is 269 g/mol. The molecule has 0 saturated carbocycles. The molecule has 1 atom stereocenters. The summed E-state index contributed by atoms with van der Waals surface area (Å²) in [4.78, 5) is 0. The highest BCUT2D eigenvalue weighted by Gasteiger charge is 2.14. The Bertz CT molecular complexity index is 369. The van der Waals surface area contributed by atoms with E-state index >= 15 is 0 Å². The second kappa shape index (κ2) is 7.88. The molecule has 1 aromatic rings. The van der Waals surface area contributed by atoms with Crippen molar-refractivity contribution in [1.29, 1.82) is 0 Å². The van der Waals surface area contributed by atoms with Gasteiger partial charge >= 0.3 is 0 Å². The third-order valence-corrected chi connectivity index (χ3v) is 3.18. The van der Waals surface area contributed by atoms with Gasteiger partial charge in [-0.15, -0.1) is 0 Å². The van der Waals surface area contributed by atoms with Gasteiger partial charge in [0.25, 0.3) is 0 Å². The van der Waals surface area contributed by atoms with E-state index in [2.05, 4.69) is 19.2 Å². The summed E-state index contributed by atoms with van der Waals surface area (Å²) in [5.74, 6) is 1.26. The molecule has 0 spiro atoms. The van der Waals surface area contributed by atoms with Crippen LogP contribution in [0.2, 0.25) is 10.0 Å². The van der Waals surface area contributed by atoms with E-state index in [1.807, 2.05) is 7.05 Å². The van der Waals surface area contributed by atoms with Crippen LogP contribution in [0.15, 0.2) is 18.2 Å². The molecule has 1 rings (SSSR count). The Morgan fingerprint density at radius 3 is 2.61 bits per heavy atom. The van der Waals surface area contributed by atoms with Crippen molar-refractivity contribution in [3.63, 3.8) is 0 Å². The zero-order chi connectivity index (χ0) is 13.5. The highest BCUT2D eigenvalue weighted by molar-refractivity contribution is 6.34. The van der Waals surface area contributed by atoms with E-state index in [1.54, 1.807) is 18.2 Å². The van der Waals surface area contributed by atoms with Gasteiger partial charge in [-0.2, -0.15) is 0 Å². The van der Waals surface area contributed by atoms with E-state index in [0.29, 0.717) is 21.7 Å². The number of rotatable bonds is 7. The van der Waals surface area contributed by atoms with Crippen LogP contribution in [0.3, 0.4) is 0 Å². The third kappa shape index (κ3) is 5.47. The molecule has 0 bridgehead atoms. The summed E-state index contributed by atoms with van der Waals surface area (Å²) in [6.45, 7) is 5.31. The maximum atomic E-state index is 6.11. The maximum absolute atomic E-state index is 6.11. The van der Waals surface area contributed by atoms with Crippen molar-refractivity contribution < 1.29 is 4.74 Å². The van der Waals surface area contributed by atoms with Crippen molar-refractivity contribution in [2.45, 2.75) is 32.8 Å². The highest BCUT2D eigenvalue weighted by Crippen LogP contribution is 2.29. The molecule has 0 aliphatic heterocycles. The van der Waals surface area contributed by atoms with Crippen LogP contribution in [0.5, 0.6) is 5.75 Å². The number of halogens is 2. The van der Waals surface area contributed by atoms with Crippen molar-refractivity contribution >= 4 is 23.2 Å². The molecule has 18 heavy (non-hydrogen) atoms. The molecule has 0 radical (unpaired) electrons. The van der Waals surface area contributed by atoms with Crippen molar-refractivity contribution in [1.82, 2.24) is 5.32 Å². The number of benzene rings is 1. The van der Waals surface area contributed by atoms with Gasteiger partial charge in [0.05, 0.1) is 5.02 Å². The van der Waals surface area contributed by atoms with E-state index in [1.165, 1.54) is 0 Å². The summed E-state index contributed by atoms with van der Waals surface area (Å²) in [5, 5.41) is 4.40. The fourth-order valence-corrected chi connectivity index (χ4v) is 2.13. The zero-order valence-electron chi connectivity index (χ0n) is 11.2. The Labute approximate surface area is 120 Å². The van der Waals surface area contributed by atoms with Gasteiger partial charge in [-0.05, 0) is 44.5 Å². The summed E-state index contributed by atoms with van der Waals surface area (Å²) in [6.07, 6.45) is 2.12. The molecule has 0 fully saturated rings. The Hall–Kier alpha value is -0.440. The van der Waals surface area contributed by atoms with Gasteiger partial charge in [0.1, 0.15) is 11.9 Å². The standard InChI is InChI=1S/C14H21Cl2NO/c1-10(2)8-12(6-7-17-3)18-14-9-11(15)4-5-13(14)16/h4-5,9-10,12,17H,6-8H2,1-3H3. The molecule has 0 aliphatic carbocycles. The predicted octanol–water partition coefficient (Wildman–Crippen LogP) is 4.40. The Kier molecular flexibility index (Phi) is 6.83. The minimum absolute atomic E-state index is 0.161. The summed E-state index contributed by atoms with van der Waals surface area (Å²) in [7, 11) is 1.94. The lowest BCUT2D eigenvalue weighted by atomic mass is 10.0. The largest absolute Gasteiger partial charge is 0.489 e. The molecule has 0 saturated heterocycles. The van der Waals surface area contributed by atoms with Gasteiger partial charge in [-0.1, -0.05) is 37.0 Å². The number of hydrogen-bond donors (Lipinski definition) is 1. The second-order valence-corrected chi connectivity index (χ2v) is 5.68. The first-order valence-corrected chi connectivity index (χ1v) is 7.04. The fraction of sp³-hybridized carbons (Fsp3) is 0.571. The minimum Gasteiger partial charge on any atom is -0.489 e. The van der Waals surface area contributed by atoms with E-state index in [-0.39, 0.29) is 6.10 Å². The van der Waals surface area contributed by atoms with E-state index < -0.39 is 0 Å². The molecule has 4 heteroatoms. The van der Waals surface area contributed by atoms with E-state index in [4.69, 9.17) is 27.9 Å². The van der Waals surface area contributed by atoms with Gasteiger partial charge in [0.15, 0.2) is 0 Å². The predicted molar refractivity (Wildman–Crippen MR) is 78.9 cm³/mol. The molecular formula is C14H21Cl2NO. The lowest BCUT2D eigenvalue weighted by Crippen LogP contribution is -2.24. The van der Waals surface area contributed by atoms with Crippen molar-refractivity contribution in [2.75, 3.05) is 13.6 Å². The van der Waals surface area contributed by atoms with Crippen LogP contribution in [0.4, 0.5) is 0 Å². The minimum atomic E-state index is 0.161. The van der Waals surface area contributed by atoms with Crippen molar-refractivity contribution in [3.05, 3.63) is 28.2 Å². The summed E-state index contributed by atoms with van der Waals surface area (Å²) in [6, 6.07) is 5.31. The molecule has 0 heterocycles. The van der Waals surface area contributed by atoms with E-state index in [9.17, 15) is 0 Å². The number of ether oxygens (including phenoxy) is 1. The smallest absolute Gasteiger partial charge is 0.139 e. The second-order valence-electron chi connectivity index (χ2n) is 4.84. The van der Waals surface area contributed by atoms with Crippen LogP contribution in [0.25, 0.3) is 0 Å². The van der Waals surface area contributed by atoms with Crippen LogP contribution in [-0.4, -0.2) is 19.7 Å². The summed E-state index contributed by atoms with van der Waals surface area (Å²) >= 11 is 12.1. The maximum Gasteiger partial charge on any atom is 0.139 e. The first-order valence-electron chi connectivity index (χ1n) is 6.29. The van der Waals surface area contributed by atoms with Crippen LogP contribution in [-0.2, 0) is 0 Å². The monoisotopic (exact) mass is 289 g/mol. The summed E-state index contributed by atoms with van der Waals surface area (Å²) < 4.78 is 5.98. The first-order chi connectivity index (χ1) is 8.52. The molecule has 0 aliphatic rings. The average molecular weight is 290 g/mol. The quantitative estimate of drug-likeness (QED) is 0.803. The fourth-order valence-electron chi connectivity index (χ4n) is 1.80. The Balaban J connectivity index is 2.71. The molecule has 1 N–H and O–H groups in total. The molecule has 102 valence electrons. The molecule has 1 aromatic carbocycles. The topological polar surface area (TPSA) is 21.3 Å². The third-order valence-electron chi connectivity index (χ3n) is 2.64. The molecule has 0 aromatic heterocycles. The lowest BCUT2D eigenvalue weighted by molar-refractivity contribution is 0.165. The highest BCUT2D eigenvalue weighted by atomic mass is 35.5. The van der Waals surface area contributed by atoms with Crippen LogP contribution in [0, 0.1) is 5.92 Å². The van der Waals surface area contributed by atoms with Crippen LogP contribution < -0.4 is 10.1 Å². The van der Waals surface area contributed by atoms with Gasteiger partial charge in [-0.25, -0.2) is 0 Å². The van der Waals surface area contributed by atoms with Crippen LogP contribution >= 0.6 is 23.2 Å². The molecule has 0 amide bonds. The lowest BCUT2D eigenvalue weighted by Gasteiger charge is -2.21. The van der Waals surface area contributed by atoms with Gasteiger partial charge < -0.3 is 10.1 Å². The van der Waals surface area contributed by atoms with Gasteiger partial charge in [-0.3, -0.25) is 0 Å². The average Bonchev–Trinajstić information content (AvgIpc) is 2.30. The van der Waals surface area contributed by atoms with Crippen molar-refractivity contribution in [3.8, 4) is 5.75 Å². The Morgan fingerprint density at radius 1 is 1.28 bits per heavy atom. The molecule has 1 unspecified atom stereocenters. The first kappa shape index (κ1) is 15.6. The van der Waals surface area contributed by atoms with Gasteiger partial charge in [0, 0.05) is 11.1 Å². The normalized spacial score (nSPS) is 12.8. The zero-order valence-corrected chi connectivity index (χ0v) is 12.7. The SMILES string of the molecule is CNCCC(CC(C)C)Oc1cc(Cl)ccc1Cl. The number of hydrogen-bond acceptors (Lipinski definition) is 2. The Morgan fingerprint density at radius 2 is 2.00 bits per heavy atom. The number of nitrogens with one attached hydrogen (secondary N) is 1. The van der Waals surface area contributed by atoms with Crippen LogP contribution in [0.1, 0.15) is 26.7 Å².